The van der Waals surface area contributed by atoms with E-state index in [0.717, 1.165) is 5.56 Å². The van der Waals surface area contributed by atoms with Crippen molar-refractivity contribution in [1.29, 1.82) is 0 Å². The van der Waals surface area contributed by atoms with Gasteiger partial charge in [0.1, 0.15) is 11.5 Å². The lowest BCUT2D eigenvalue weighted by Gasteiger charge is -2.25. The molecule has 0 aliphatic carbocycles. The summed E-state index contributed by atoms with van der Waals surface area (Å²) in [6.07, 6.45) is 0.691. The molecular weight excluding hydrogens is 366 g/mol. The Morgan fingerprint density at radius 3 is 2.52 bits per heavy atom. The van der Waals surface area contributed by atoms with E-state index < -0.39 is 17.7 Å². The summed E-state index contributed by atoms with van der Waals surface area (Å²) in [5.74, 6) is -1.25. The topological polar surface area (TPSA) is 66.8 Å². The first-order chi connectivity index (χ1) is 13.0. The molecule has 1 saturated heterocycles. The van der Waals surface area contributed by atoms with Gasteiger partial charge in [-0.2, -0.15) is 0 Å². The predicted octanol–water partition coefficient (Wildman–Crippen LogP) is 4.18. The highest BCUT2D eigenvalue weighted by Gasteiger charge is 2.45. The van der Waals surface area contributed by atoms with E-state index in [4.69, 9.17) is 16.3 Å². The molecule has 1 amide bonds. The van der Waals surface area contributed by atoms with Gasteiger partial charge in [0.15, 0.2) is 0 Å². The largest absolute Gasteiger partial charge is 0.507 e. The summed E-state index contributed by atoms with van der Waals surface area (Å²) >= 11 is 6.07. The Bertz CT molecular complexity index is 908. The third kappa shape index (κ3) is 3.43. The molecule has 1 unspecified atom stereocenters. The van der Waals surface area contributed by atoms with Crippen molar-refractivity contribution in [2.45, 2.75) is 19.4 Å². The first kappa shape index (κ1) is 19.0. The number of aliphatic hydroxyl groups excluding tert-OH is 1. The summed E-state index contributed by atoms with van der Waals surface area (Å²) in [5, 5.41) is 11.4. The molecule has 3 rings (SSSR count). The van der Waals surface area contributed by atoms with Crippen LogP contribution >= 0.6 is 11.6 Å². The minimum atomic E-state index is -0.711. The third-order valence-corrected chi connectivity index (χ3v) is 4.77. The zero-order valence-corrected chi connectivity index (χ0v) is 15.9. The number of ether oxygens (including phenoxy) is 1. The van der Waals surface area contributed by atoms with Gasteiger partial charge >= 0.3 is 0 Å². The van der Waals surface area contributed by atoms with Gasteiger partial charge in [-0.25, -0.2) is 0 Å². The second-order valence-electron chi connectivity index (χ2n) is 6.25. The molecule has 0 bridgehead atoms. The van der Waals surface area contributed by atoms with Gasteiger partial charge < -0.3 is 14.7 Å². The van der Waals surface area contributed by atoms with Crippen LogP contribution in [0.4, 0.5) is 0 Å². The van der Waals surface area contributed by atoms with E-state index in [9.17, 15) is 14.7 Å². The molecule has 1 aliphatic heterocycles. The fourth-order valence-corrected chi connectivity index (χ4v) is 3.52. The highest BCUT2D eigenvalue weighted by Crippen LogP contribution is 2.41. The Balaban J connectivity index is 2.24. The smallest absolute Gasteiger partial charge is 0.295 e. The van der Waals surface area contributed by atoms with Gasteiger partial charge in [-0.05, 0) is 30.2 Å². The number of hydrogen-bond donors (Lipinski definition) is 1. The second-order valence-corrected chi connectivity index (χ2v) is 6.68. The summed E-state index contributed by atoms with van der Waals surface area (Å²) in [7, 11) is 1.46. The van der Waals surface area contributed by atoms with Gasteiger partial charge in [0, 0.05) is 11.6 Å². The molecule has 1 N–H and O–H groups in total. The minimum absolute atomic E-state index is 0.0419. The minimum Gasteiger partial charge on any atom is -0.507 e. The molecule has 2 aromatic carbocycles. The zero-order chi connectivity index (χ0) is 19.6. The van der Waals surface area contributed by atoms with E-state index in [1.165, 1.54) is 18.1 Å². The Kier molecular flexibility index (Phi) is 5.51. The number of likely N-dealkylation sites (tertiary alicyclic amines) is 1. The maximum Gasteiger partial charge on any atom is 0.295 e. The normalized spacial score (nSPS) is 18.8. The van der Waals surface area contributed by atoms with Crippen LogP contribution in [0.25, 0.3) is 5.76 Å². The molecule has 6 heteroatoms. The molecule has 27 heavy (non-hydrogen) atoms. The Morgan fingerprint density at radius 2 is 1.89 bits per heavy atom. The zero-order valence-electron chi connectivity index (χ0n) is 15.1. The number of carbonyl (C=O) groups is 2. The number of amides is 1. The van der Waals surface area contributed by atoms with Crippen LogP contribution in [0, 0.1) is 0 Å². The number of carbonyl (C=O) groups excluding carboxylic acids is 2. The van der Waals surface area contributed by atoms with Gasteiger partial charge in [0.2, 0.25) is 0 Å². The van der Waals surface area contributed by atoms with Gasteiger partial charge in [-0.3, -0.25) is 9.59 Å². The van der Waals surface area contributed by atoms with Crippen LogP contribution in [0.3, 0.4) is 0 Å². The van der Waals surface area contributed by atoms with Crippen LogP contribution in [0.1, 0.15) is 30.5 Å². The second kappa shape index (κ2) is 7.84. The summed E-state index contributed by atoms with van der Waals surface area (Å²) < 4.78 is 5.30. The fourth-order valence-electron chi connectivity index (χ4n) is 3.34. The van der Waals surface area contributed by atoms with E-state index >= 15 is 0 Å². The van der Waals surface area contributed by atoms with Crippen LogP contribution < -0.4 is 4.74 Å². The van der Waals surface area contributed by atoms with Gasteiger partial charge in [0.05, 0.1) is 24.3 Å². The van der Waals surface area contributed by atoms with Gasteiger partial charge in [0.25, 0.3) is 11.7 Å². The molecule has 0 saturated carbocycles. The van der Waals surface area contributed by atoms with Crippen molar-refractivity contribution in [3.63, 3.8) is 0 Å². The van der Waals surface area contributed by atoms with Crippen LogP contribution in [-0.4, -0.2) is 35.4 Å². The quantitative estimate of drug-likeness (QED) is 0.476. The average Bonchev–Trinajstić information content (AvgIpc) is 2.93. The first-order valence-corrected chi connectivity index (χ1v) is 9.04. The molecule has 2 aromatic rings. The number of ketones is 1. The van der Waals surface area contributed by atoms with Crippen molar-refractivity contribution >= 4 is 29.1 Å². The standard InChI is InChI=1S/C21H20ClNO4/c1-3-11-23-18(13-7-5-4-6-8-13)17(20(25)21(23)26)19(24)15-12-14(22)9-10-16(15)27-2/h4-10,12,18,24H,3,11H2,1-2H3/b19-17+. The van der Waals surface area contributed by atoms with E-state index in [0.29, 0.717) is 23.7 Å². The highest BCUT2D eigenvalue weighted by atomic mass is 35.5. The van der Waals surface area contributed by atoms with Crippen LogP contribution in [0.5, 0.6) is 5.75 Å². The SMILES string of the molecule is CCCN1C(=O)C(=O)/C(=C(/O)c2cc(Cl)ccc2OC)C1c1ccccc1. The number of hydrogen-bond acceptors (Lipinski definition) is 4. The molecule has 0 aromatic heterocycles. The molecule has 5 nitrogen and oxygen atoms in total. The lowest BCUT2D eigenvalue weighted by Crippen LogP contribution is -2.30. The fraction of sp³-hybridized carbons (Fsp3) is 0.238. The average molecular weight is 386 g/mol. The van der Waals surface area contributed by atoms with E-state index in [1.54, 1.807) is 12.1 Å². The summed E-state index contributed by atoms with van der Waals surface area (Å²) in [4.78, 5) is 26.9. The third-order valence-electron chi connectivity index (χ3n) is 4.54. The molecule has 1 heterocycles. The first-order valence-electron chi connectivity index (χ1n) is 8.66. The molecule has 140 valence electrons. The maximum absolute atomic E-state index is 12.8. The van der Waals surface area contributed by atoms with E-state index in [2.05, 4.69) is 0 Å². The molecule has 1 atom stereocenters. The summed E-state index contributed by atoms with van der Waals surface area (Å²) in [6, 6.07) is 13.3. The summed E-state index contributed by atoms with van der Waals surface area (Å²) in [5.41, 5.74) is 1.08. The number of nitrogens with zero attached hydrogens (tertiary/aromatic N) is 1. The lowest BCUT2D eigenvalue weighted by atomic mass is 9.95. The molecule has 1 aliphatic rings. The van der Waals surface area contributed by atoms with Crippen molar-refractivity contribution in [2.24, 2.45) is 0 Å². The molecular formula is C21H20ClNO4. The molecule has 0 spiro atoms. The van der Waals surface area contributed by atoms with Crippen LogP contribution in [-0.2, 0) is 9.59 Å². The monoisotopic (exact) mass is 385 g/mol. The van der Waals surface area contributed by atoms with Crippen molar-refractivity contribution in [3.05, 3.63) is 70.3 Å². The predicted molar refractivity (Wildman–Crippen MR) is 104 cm³/mol. The Morgan fingerprint density at radius 1 is 1.19 bits per heavy atom. The van der Waals surface area contributed by atoms with Crippen LogP contribution in [0.15, 0.2) is 54.1 Å². The molecule has 1 fully saturated rings. The number of benzene rings is 2. The van der Waals surface area contributed by atoms with Crippen molar-refractivity contribution < 1.29 is 19.4 Å². The number of Topliss-reactive ketones (excluding diaryl/α,β-unsaturated/α-hetero) is 1. The maximum atomic E-state index is 12.8. The van der Waals surface area contributed by atoms with Gasteiger partial charge in [-0.15, -0.1) is 0 Å². The highest BCUT2D eigenvalue weighted by molar-refractivity contribution is 6.46. The van der Waals surface area contributed by atoms with Crippen molar-refractivity contribution in [2.75, 3.05) is 13.7 Å². The Labute approximate surface area is 162 Å². The number of aliphatic hydroxyl groups is 1. The summed E-state index contributed by atoms with van der Waals surface area (Å²) in [6.45, 7) is 2.34. The van der Waals surface area contributed by atoms with Gasteiger partial charge in [-0.1, -0.05) is 48.9 Å². The number of rotatable bonds is 5. The number of halogens is 1. The van der Waals surface area contributed by atoms with E-state index in [1.807, 2.05) is 37.3 Å². The Hall–Kier alpha value is -2.79. The lowest BCUT2D eigenvalue weighted by molar-refractivity contribution is -0.139. The molecule has 0 radical (unpaired) electrons. The van der Waals surface area contributed by atoms with E-state index in [-0.39, 0.29) is 16.9 Å². The number of methoxy groups -OCH3 is 1. The van der Waals surface area contributed by atoms with Crippen LogP contribution in [0.2, 0.25) is 5.02 Å². The van der Waals surface area contributed by atoms with Crippen molar-refractivity contribution in [3.8, 4) is 5.75 Å². The van der Waals surface area contributed by atoms with Crippen molar-refractivity contribution in [1.82, 2.24) is 4.90 Å².